The summed E-state index contributed by atoms with van der Waals surface area (Å²) in [5.74, 6) is -0.798. The molecule has 118 valence electrons. The molecule has 1 aromatic rings. The van der Waals surface area contributed by atoms with E-state index in [1.165, 1.54) is 24.3 Å². The Kier molecular flexibility index (Phi) is 6.20. The molecule has 0 aliphatic heterocycles. The zero-order valence-electron chi connectivity index (χ0n) is 12.2. The Balaban J connectivity index is 3.01. The highest BCUT2D eigenvalue weighted by atomic mass is 19.4. The van der Waals surface area contributed by atoms with Crippen LogP contribution in [0.5, 0.6) is 0 Å². The standard InChI is InChI=1S/C15H19F3O3/c1-10(2)9-12(14(19)20-3)21-13(15(16,17)18)11-7-5-4-6-8-11/h4-8,10,12-13H,9H2,1-3H3. The van der Waals surface area contributed by atoms with Crippen LogP contribution in [0.25, 0.3) is 0 Å². The maximum Gasteiger partial charge on any atom is 0.418 e. The van der Waals surface area contributed by atoms with Crippen molar-refractivity contribution in [1.29, 1.82) is 0 Å². The monoisotopic (exact) mass is 304 g/mol. The molecule has 0 amide bonds. The van der Waals surface area contributed by atoms with E-state index in [0.29, 0.717) is 0 Å². The summed E-state index contributed by atoms with van der Waals surface area (Å²) in [5.41, 5.74) is -0.0392. The lowest BCUT2D eigenvalue weighted by molar-refractivity contribution is -0.240. The fourth-order valence-corrected chi connectivity index (χ4v) is 1.90. The van der Waals surface area contributed by atoms with Gasteiger partial charge in [-0.2, -0.15) is 13.2 Å². The van der Waals surface area contributed by atoms with E-state index in [2.05, 4.69) is 4.74 Å². The summed E-state index contributed by atoms with van der Waals surface area (Å²) >= 11 is 0. The molecule has 6 heteroatoms. The van der Waals surface area contributed by atoms with Crippen LogP contribution in [0.4, 0.5) is 13.2 Å². The van der Waals surface area contributed by atoms with Crippen molar-refractivity contribution in [3.63, 3.8) is 0 Å². The van der Waals surface area contributed by atoms with Gasteiger partial charge in [0, 0.05) is 0 Å². The van der Waals surface area contributed by atoms with Crippen LogP contribution in [-0.2, 0) is 14.3 Å². The maximum atomic E-state index is 13.2. The zero-order chi connectivity index (χ0) is 16.0. The Labute approximate surface area is 122 Å². The van der Waals surface area contributed by atoms with Crippen molar-refractivity contribution < 1.29 is 27.4 Å². The first kappa shape index (κ1) is 17.5. The average Bonchev–Trinajstić information content (AvgIpc) is 2.41. The minimum Gasteiger partial charge on any atom is -0.467 e. The van der Waals surface area contributed by atoms with Crippen LogP contribution in [0.2, 0.25) is 0 Å². The first-order chi connectivity index (χ1) is 9.75. The quantitative estimate of drug-likeness (QED) is 0.748. The third kappa shape index (κ3) is 5.38. The second-order valence-corrected chi connectivity index (χ2v) is 5.11. The molecule has 0 bridgehead atoms. The summed E-state index contributed by atoms with van der Waals surface area (Å²) in [6.45, 7) is 3.59. The molecule has 0 radical (unpaired) electrons. The molecule has 0 spiro atoms. The van der Waals surface area contributed by atoms with Crippen molar-refractivity contribution in [3.8, 4) is 0 Å². The van der Waals surface area contributed by atoms with Gasteiger partial charge >= 0.3 is 12.1 Å². The van der Waals surface area contributed by atoms with E-state index in [4.69, 9.17) is 4.74 Å². The van der Waals surface area contributed by atoms with Crippen LogP contribution < -0.4 is 0 Å². The Morgan fingerprint density at radius 2 is 1.76 bits per heavy atom. The smallest absolute Gasteiger partial charge is 0.418 e. The van der Waals surface area contributed by atoms with Crippen LogP contribution in [0.15, 0.2) is 30.3 Å². The van der Waals surface area contributed by atoms with Crippen LogP contribution in [-0.4, -0.2) is 25.4 Å². The van der Waals surface area contributed by atoms with Crippen LogP contribution in [0.1, 0.15) is 31.9 Å². The van der Waals surface area contributed by atoms with Crippen molar-refractivity contribution in [2.45, 2.75) is 38.7 Å². The molecule has 3 nitrogen and oxygen atoms in total. The van der Waals surface area contributed by atoms with E-state index in [9.17, 15) is 18.0 Å². The molecule has 1 rings (SSSR count). The van der Waals surface area contributed by atoms with Gasteiger partial charge in [-0.15, -0.1) is 0 Å². The summed E-state index contributed by atoms with van der Waals surface area (Å²) < 4.78 is 49.2. The number of ether oxygens (including phenoxy) is 2. The molecular weight excluding hydrogens is 285 g/mol. The molecule has 21 heavy (non-hydrogen) atoms. The topological polar surface area (TPSA) is 35.5 Å². The first-order valence-electron chi connectivity index (χ1n) is 6.60. The molecule has 0 aromatic heterocycles. The van der Waals surface area contributed by atoms with E-state index < -0.39 is 24.4 Å². The number of rotatable bonds is 6. The second-order valence-electron chi connectivity index (χ2n) is 5.11. The predicted molar refractivity (Wildman–Crippen MR) is 71.6 cm³/mol. The molecule has 0 aliphatic carbocycles. The van der Waals surface area contributed by atoms with Gasteiger partial charge in [-0.3, -0.25) is 0 Å². The second kappa shape index (κ2) is 7.45. The van der Waals surface area contributed by atoms with Gasteiger partial charge in [0.1, 0.15) is 0 Å². The van der Waals surface area contributed by atoms with Crippen LogP contribution in [0.3, 0.4) is 0 Å². The molecule has 1 aromatic carbocycles. The van der Waals surface area contributed by atoms with Gasteiger partial charge in [0.15, 0.2) is 12.2 Å². The molecular formula is C15H19F3O3. The summed E-state index contributed by atoms with van der Waals surface area (Å²) in [6.07, 6.45) is -7.85. The predicted octanol–water partition coefficient (Wildman–Crippen LogP) is 3.89. The highest BCUT2D eigenvalue weighted by molar-refractivity contribution is 5.74. The Bertz CT molecular complexity index is 443. The molecule has 2 atom stereocenters. The summed E-state index contributed by atoms with van der Waals surface area (Å²) in [7, 11) is 1.13. The summed E-state index contributed by atoms with van der Waals surface area (Å²) in [5, 5.41) is 0. The van der Waals surface area contributed by atoms with Crippen molar-refractivity contribution >= 4 is 5.97 Å². The third-order valence-corrected chi connectivity index (χ3v) is 2.85. The number of alkyl halides is 3. The lowest BCUT2D eigenvalue weighted by atomic mass is 10.0. The number of halogens is 3. The Morgan fingerprint density at radius 1 is 1.19 bits per heavy atom. The SMILES string of the molecule is COC(=O)C(CC(C)C)OC(c1ccccc1)C(F)(F)F. The number of esters is 1. The average molecular weight is 304 g/mol. The molecule has 0 aliphatic rings. The van der Waals surface area contributed by atoms with E-state index in [0.717, 1.165) is 7.11 Å². The van der Waals surface area contributed by atoms with Gasteiger partial charge in [-0.25, -0.2) is 4.79 Å². The number of hydrogen-bond acceptors (Lipinski definition) is 3. The van der Waals surface area contributed by atoms with Crippen molar-refractivity contribution in [2.75, 3.05) is 7.11 Å². The molecule has 0 saturated carbocycles. The van der Waals surface area contributed by atoms with E-state index in [1.54, 1.807) is 19.9 Å². The number of benzene rings is 1. The highest BCUT2D eigenvalue weighted by Crippen LogP contribution is 2.37. The first-order valence-corrected chi connectivity index (χ1v) is 6.60. The fourth-order valence-electron chi connectivity index (χ4n) is 1.90. The van der Waals surface area contributed by atoms with Gasteiger partial charge in [0.2, 0.25) is 0 Å². The van der Waals surface area contributed by atoms with E-state index in [-0.39, 0.29) is 17.9 Å². The summed E-state index contributed by atoms with van der Waals surface area (Å²) in [4.78, 5) is 11.6. The number of carbonyl (C=O) groups is 1. The number of methoxy groups -OCH3 is 1. The van der Waals surface area contributed by atoms with E-state index >= 15 is 0 Å². The number of carbonyl (C=O) groups excluding carboxylic acids is 1. The Morgan fingerprint density at radius 3 is 2.19 bits per heavy atom. The van der Waals surface area contributed by atoms with Crippen LogP contribution in [0, 0.1) is 5.92 Å². The third-order valence-electron chi connectivity index (χ3n) is 2.85. The molecule has 2 unspecified atom stereocenters. The molecule has 0 saturated heterocycles. The molecule has 0 fully saturated rings. The largest absolute Gasteiger partial charge is 0.467 e. The van der Waals surface area contributed by atoms with Gasteiger partial charge in [0.05, 0.1) is 7.11 Å². The zero-order valence-corrected chi connectivity index (χ0v) is 12.2. The van der Waals surface area contributed by atoms with Gasteiger partial charge in [-0.05, 0) is 17.9 Å². The van der Waals surface area contributed by atoms with Crippen LogP contribution >= 0.6 is 0 Å². The van der Waals surface area contributed by atoms with Gasteiger partial charge < -0.3 is 9.47 Å². The number of hydrogen-bond donors (Lipinski definition) is 0. The van der Waals surface area contributed by atoms with Crippen molar-refractivity contribution in [1.82, 2.24) is 0 Å². The van der Waals surface area contributed by atoms with Gasteiger partial charge in [-0.1, -0.05) is 44.2 Å². The normalized spacial score (nSPS) is 14.8. The minimum absolute atomic E-state index is 0.00115. The van der Waals surface area contributed by atoms with Crippen molar-refractivity contribution in [2.24, 2.45) is 5.92 Å². The lowest BCUT2D eigenvalue weighted by Crippen LogP contribution is -2.34. The molecule has 0 heterocycles. The molecule has 0 N–H and O–H groups in total. The summed E-state index contributed by atoms with van der Waals surface area (Å²) in [6, 6.07) is 7.24. The maximum absolute atomic E-state index is 13.2. The Hall–Kier alpha value is -1.56. The lowest BCUT2D eigenvalue weighted by Gasteiger charge is -2.26. The van der Waals surface area contributed by atoms with E-state index in [1.807, 2.05) is 0 Å². The highest BCUT2D eigenvalue weighted by Gasteiger charge is 2.44. The van der Waals surface area contributed by atoms with Gasteiger partial charge in [0.25, 0.3) is 0 Å². The fraction of sp³-hybridized carbons (Fsp3) is 0.533. The minimum atomic E-state index is -4.61. The van der Waals surface area contributed by atoms with Crippen molar-refractivity contribution in [3.05, 3.63) is 35.9 Å².